The van der Waals surface area contributed by atoms with E-state index in [4.69, 9.17) is 33.2 Å². The number of esters is 4. The fourth-order valence-electron chi connectivity index (χ4n) is 10.2. The Kier molecular flexibility index (Phi) is 14.7. The van der Waals surface area contributed by atoms with E-state index in [2.05, 4.69) is 5.32 Å². The third-order valence-corrected chi connectivity index (χ3v) is 13.9. The van der Waals surface area contributed by atoms with E-state index in [0.717, 1.165) is 13.3 Å². The number of ether oxygens (including phenoxy) is 7. The number of rotatable bonds is 15. The number of fused-ring (bicyclic) bond motifs is 5. The third kappa shape index (κ3) is 8.81. The number of aliphatic hydroxyl groups is 2. The minimum Gasteiger partial charge on any atom is -0.456 e. The Morgan fingerprint density at radius 1 is 0.953 bits per heavy atom. The molecule has 0 aromatic heterocycles. The molecule has 2 saturated carbocycles. The van der Waals surface area contributed by atoms with Crippen LogP contribution in [0.5, 0.6) is 0 Å². The van der Waals surface area contributed by atoms with Gasteiger partial charge in [-0.15, -0.1) is 11.8 Å². The van der Waals surface area contributed by atoms with Crippen LogP contribution < -0.4 is 5.32 Å². The van der Waals surface area contributed by atoms with Gasteiger partial charge in [0.25, 0.3) is 0 Å². The van der Waals surface area contributed by atoms with Crippen LogP contribution in [0.2, 0.25) is 0 Å². The van der Waals surface area contributed by atoms with Crippen LogP contribution in [-0.4, -0.2) is 119 Å². The minimum atomic E-state index is -2.35. The molecule has 0 spiro atoms. The summed E-state index contributed by atoms with van der Waals surface area (Å²) in [5.41, 5.74) is -6.79. The Hall–Kier alpha value is -4.81. The first-order valence-electron chi connectivity index (χ1n) is 21.5. The maximum absolute atomic E-state index is 15.9. The quantitative estimate of drug-likeness (QED) is 0.0690. The second-order valence-corrected chi connectivity index (χ2v) is 18.5. The molecule has 2 aromatic carbocycles. The molecular weight excluding hydrogens is 851 g/mol. The topological polar surface area (TPSA) is 220 Å². The summed E-state index contributed by atoms with van der Waals surface area (Å²) in [7, 11) is 0. The van der Waals surface area contributed by atoms with Gasteiger partial charge >= 0.3 is 30.0 Å². The second kappa shape index (κ2) is 19.3. The molecule has 2 aromatic rings. The molecule has 64 heavy (non-hydrogen) atoms. The van der Waals surface area contributed by atoms with Crippen molar-refractivity contribution in [1.82, 2.24) is 5.32 Å². The molecule has 1 saturated heterocycles. The third-order valence-electron chi connectivity index (χ3n) is 13.5. The van der Waals surface area contributed by atoms with Crippen molar-refractivity contribution < 1.29 is 72.1 Å². The van der Waals surface area contributed by atoms with E-state index >= 15 is 4.79 Å². The van der Waals surface area contributed by atoms with E-state index in [9.17, 15) is 34.2 Å². The molecule has 2 unspecified atom stereocenters. The van der Waals surface area contributed by atoms with E-state index in [1.807, 2.05) is 6.92 Å². The lowest BCUT2D eigenvalue weighted by Gasteiger charge is -2.67. The Morgan fingerprint density at radius 3 is 2.19 bits per heavy atom. The van der Waals surface area contributed by atoms with Crippen molar-refractivity contribution >= 4 is 47.5 Å². The number of hydrogen-bond donors (Lipinski definition) is 3. The van der Waals surface area contributed by atoms with Crippen LogP contribution in [0.1, 0.15) is 96.1 Å². The van der Waals surface area contributed by atoms with Crippen LogP contribution in [0, 0.1) is 16.7 Å². The molecule has 16 nitrogen and oxygen atoms in total. The fraction of sp³-hybridized carbons (Fsp3) is 0.574. The molecule has 2 bridgehead atoms. The van der Waals surface area contributed by atoms with E-state index in [-0.39, 0.29) is 42.3 Å². The summed E-state index contributed by atoms with van der Waals surface area (Å²) in [6, 6.07) is 14.9. The van der Waals surface area contributed by atoms with E-state index in [0.29, 0.717) is 12.0 Å². The molecule has 6 rings (SSSR count). The molecule has 0 radical (unpaired) electrons. The summed E-state index contributed by atoms with van der Waals surface area (Å²) in [5.74, 6) is -5.73. The van der Waals surface area contributed by atoms with Crippen molar-refractivity contribution in [2.24, 2.45) is 16.7 Å². The normalized spacial score (nSPS) is 31.2. The van der Waals surface area contributed by atoms with Crippen LogP contribution in [0.25, 0.3) is 0 Å². The molecule has 17 heteroatoms. The van der Waals surface area contributed by atoms with Gasteiger partial charge in [-0.25, -0.2) is 14.4 Å². The lowest BCUT2D eigenvalue weighted by molar-refractivity contribution is -0.347. The Bertz CT molecular complexity index is 2110. The minimum absolute atomic E-state index is 0.0411. The van der Waals surface area contributed by atoms with Gasteiger partial charge in [-0.05, 0) is 55.4 Å². The zero-order valence-corrected chi connectivity index (χ0v) is 38.3. The molecule has 1 heterocycles. The lowest BCUT2D eigenvalue weighted by atomic mass is 9.44. The van der Waals surface area contributed by atoms with Gasteiger partial charge in [-0.1, -0.05) is 75.7 Å². The van der Waals surface area contributed by atoms with Crippen molar-refractivity contribution in [3.05, 3.63) is 82.9 Å². The number of hydrogen-bond acceptors (Lipinski definition) is 16. The Labute approximate surface area is 377 Å². The highest BCUT2D eigenvalue weighted by atomic mass is 32.2. The van der Waals surface area contributed by atoms with Crippen molar-refractivity contribution in [1.29, 1.82) is 0 Å². The SMILES string of the molecule is CCCCOC(=O)N[C@@H](c1ccccc1)[C@@H](O)C(=O)O[C@H]1C[C@@]2(O)C(OC(=O)c3ccccc3)C3[C@](C)(C(=O)[C@H](OC(C)=O)C(=C1C)C2(C)C)[C@@H](OCSC)C[C@H]1OC[C@@]31OC(C)=O. The van der Waals surface area contributed by atoms with Crippen molar-refractivity contribution in [2.75, 3.05) is 25.4 Å². The van der Waals surface area contributed by atoms with Gasteiger partial charge in [0.05, 0.1) is 48.2 Å². The van der Waals surface area contributed by atoms with Crippen LogP contribution in [-0.2, 0) is 52.3 Å². The van der Waals surface area contributed by atoms with E-state index in [1.54, 1.807) is 82.5 Å². The van der Waals surface area contributed by atoms with Crippen molar-refractivity contribution in [2.45, 2.75) is 128 Å². The predicted octanol–water partition coefficient (Wildman–Crippen LogP) is 5.18. The van der Waals surface area contributed by atoms with Gasteiger partial charge < -0.3 is 48.7 Å². The van der Waals surface area contributed by atoms with Crippen molar-refractivity contribution in [3.8, 4) is 0 Å². The Morgan fingerprint density at radius 2 is 1.61 bits per heavy atom. The molecule has 4 aliphatic rings. The first kappa shape index (κ1) is 48.6. The molecule has 1 aliphatic heterocycles. The van der Waals surface area contributed by atoms with Gasteiger partial charge in [0.1, 0.15) is 23.9 Å². The number of aliphatic hydroxyl groups excluding tert-OH is 1. The van der Waals surface area contributed by atoms with Crippen LogP contribution in [0.15, 0.2) is 71.8 Å². The average molecular weight is 910 g/mol. The molecule has 3 fully saturated rings. The monoisotopic (exact) mass is 909 g/mol. The van der Waals surface area contributed by atoms with Crippen LogP contribution >= 0.6 is 11.8 Å². The first-order chi connectivity index (χ1) is 30.3. The maximum atomic E-state index is 15.9. The standard InChI is InChI=1S/C47H59NO15S/c1-9-10-21-57-43(55)48-35(29-17-13-11-14-18-29)36(51)42(54)61-31-23-47(56)40(62-41(53)30-19-15-12-16-20-30)38-45(7,39(52)37(60-27(3)49)34(26(31)2)44(47,5)6)32(59-25-64-8)22-33-46(38,24-58-33)63-28(4)50/h11-20,31-33,35-38,40,51,56H,9-10,21-25H2,1-8H3,(H,48,55)/t31-,32-,33+,35-,36+,37+,38?,40?,45+,46-,47+/m0/s1. The van der Waals surface area contributed by atoms with E-state index in [1.165, 1.54) is 30.8 Å². The number of carbonyl (C=O) groups is 6. The predicted molar refractivity (Wildman–Crippen MR) is 230 cm³/mol. The zero-order valence-electron chi connectivity index (χ0n) is 37.5. The van der Waals surface area contributed by atoms with Gasteiger partial charge in [0.15, 0.2) is 23.6 Å². The average Bonchev–Trinajstić information content (AvgIpc) is 3.25. The first-order valence-corrected chi connectivity index (χ1v) is 22.9. The molecule has 348 valence electrons. The van der Waals surface area contributed by atoms with E-state index < -0.39 is 113 Å². The largest absolute Gasteiger partial charge is 0.456 e. The number of benzene rings is 2. The molecule has 3 aliphatic carbocycles. The van der Waals surface area contributed by atoms with Gasteiger partial charge in [0.2, 0.25) is 0 Å². The lowest BCUT2D eigenvalue weighted by Crippen LogP contribution is -2.82. The number of amides is 1. The van der Waals surface area contributed by atoms with Crippen molar-refractivity contribution in [3.63, 3.8) is 0 Å². The summed E-state index contributed by atoms with van der Waals surface area (Å²) >= 11 is 1.34. The highest BCUT2D eigenvalue weighted by Gasteiger charge is 2.78. The number of ketones is 1. The molecule has 11 atom stereocenters. The smallest absolute Gasteiger partial charge is 0.407 e. The molecule has 3 N–H and O–H groups in total. The summed E-state index contributed by atoms with van der Waals surface area (Å²) in [6.45, 7) is 10.4. The number of unbranched alkanes of at least 4 members (excludes halogenated alkanes) is 1. The zero-order chi connectivity index (χ0) is 46.8. The molecule has 1 amide bonds. The summed E-state index contributed by atoms with van der Waals surface area (Å²) < 4.78 is 42.6. The van der Waals surface area contributed by atoms with Gasteiger partial charge in [0, 0.05) is 32.1 Å². The van der Waals surface area contributed by atoms with Crippen LogP contribution in [0.3, 0.4) is 0 Å². The highest BCUT2D eigenvalue weighted by Crippen LogP contribution is 2.65. The Balaban J connectivity index is 1.55. The fourth-order valence-corrected chi connectivity index (χ4v) is 10.5. The number of thioether (sulfide) groups is 1. The highest BCUT2D eigenvalue weighted by molar-refractivity contribution is 7.98. The number of carbonyl (C=O) groups excluding carboxylic acids is 6. The van der Waals surface area contributed by atoms with Crippen LogP contribution in [0.4, 0.5) is 4.79 Å². The number of nitrogens with one attached hydrogen (secondary N) is 1. The molecular formula is C47H59NO15S. The van der Waals surface area contributed by atoms with Gasteiger partial charge in [-0.3, -0.25) is 14.4 Å². The second-order valence-electron chi connectivity index (χ2n) is 17.7. The number of Topliss-reactive ketones (excluding diaryl/α,β-unsaturated/α-hetero) is 1. The summed E-state index contributed by atoms with van der Waals surface area (Å²) in [4.78, 5) is 83.9. The summed E-state index contributed by atoms with van der Waals surface area (Å²) in [5, 5.41) is 28.2. The summed E-state index contributed by atoms with van der Waals surface area (Å²) in [6.07, 6.45) is -7.13. The number of alkyl carbamates (subject to hydrolysis) is 1. The maximum Gasteiger partial charge on any atom is 0.407 e. The van der Waals surface area contributed by atoms with Gasteiger partial charge in [-0.2, -0.15) is 0 Å².